The summed E-state index contributed by atoms with van der Waals surface area (Å²) < 4.78 is 39.1. The van der Waals surface area contributed by atoms with Gasteiger partial charge in [0.15, 0.2) is 0 Å². The van der Waals surface area contributed by atoms with Crippen LogP contribution in [0.3, 0.4) is 0 Å². The average molecular weight is 271 g/mol. The smallest absolute Gasteiger partial charge is 0.405 e. The SMILES string of the molecule is O=[NH+]c1ccc(OC(F)(F)F)c(Br)c1. The molecule has 7 heteroatoms. The molecule has 76 valence electrons. The minimum atomic E-state index is -4.74. The van der Waals surface area contributed by atoms with Crippen LogP contribution in [-0.4, -0.2) is 6.36 Å². The van der Waals surface area contributed by atoms with E-state index in [1.165, 1.54) is 12.1 Å². The molecule has 0 saturated carbocycles. The van der Waals surface area contributed by atoms with E-state index >= 15 is 0 Å². The standard InChI is InChI=1S/C7H3BrF3NO2/c8-5-3-4(12-13)1-2-6(5)14-7(9,10)11/h1-3H/p+1. The van der Waals surface area contributed by atoms with Crippen LogP contribution in [0.2, 0.25) is 0 Å². The van der Waals surface area contributed by atoms with Crippen LogP contribution in [0, 0.1) is 4.91 Å². The molecule has 0 unspecified atom stereocenters. The fourth-order valence-electron chi connectivity index (χ4n) is 0.772. The van der Waals surface area contributed by atoms with E-state index in [4.69, 9.17) is 0 Å². The Balaban J connectivity index is 2.95. The van der Waals surface area contributed by atoms with Crippen LogP contribution in [-0.2, 0) is 0 Å². The number of nitrogens with one attached hydrogen (secondary N) is 1. The van der Waals surface area contributed by atoms with Crippen molar-refractivity contribution in [2.75, 3.05) is 0 Å². The Morgan fingerprint density at radius 1 is 1.36 bits per heavy atom. The number of hydrogen-bond donors (Lipinski definition) is 1. The minimum Gasteiger partial charge on any atom is -0.405 e. The van der Waals surface area contributed by atoms with Gasteiger partial charge in [-0.15, -0.1) is 13.2 Å². The van der Waals surface area contributed by atoms with E-state index in [2.05, 4.69) is 20.7 Å². The Hall–Kier alpha value is -1.11. The Labute approximate surface area is 85.0 Å². The summed E-state index contributed by atoms with van der Waals surface area (Å²) in [5.74, 6) is -0.392. The molecule has 0 saturated heterocycles. The molecular weight excluding hydrogens is 267 g/mol. The van der Waals surface area contributed by atoms with Gasteiger partial charge >= 0.3 is 6.36 Å². The number of hydrogen-bond acceptors (Lipinski definition) is 2. The molecule has 3 nitrogen and oxygen atoms in total. The first-order valence-corrected chi connectivity index (χ1v) is 4.15. The summed E-state index contributed by atoms with van der Waals surface area (Å²) in [5.41, 5.74) is 0.145. The van der Waals surface area contributed by atoms with Crippen molar-refractivity contribution in [2.45, 2.75) is 6.36 Å². The van der Waals surface area contributed by atoms with Crippen molar-refractivity contribution in [1.82, 2.24) is 0 Å². The van der Waals surface area contributed by atoms with Crippen LogP contribution in [0.25, 0.3) is 0 Å². The number of ether oxygens (including phenoxy) is 1. The topological polar surface area (TPSA) is 40.3 Å². The van der Waals surface area contributed by atoms with Gasteiger partial charge in [0.2, 0.25) is 0 Å². The summed E-state index contributed by atoms with van der Waals surface area (Å²) in [4.78, 5) is 10.1. The van der Waals surface area contributed by atoms with Gasteiger partial charge in [-0.1, -0.05) is 0 Å². The second kappa shape index (κ2) is 3.95. The molecule has 1 aromatic rings. The monoisotopic (exact) mass is 270 g/mol. The lowest BCUT2D eigenvalue weighted by atomic mass is 10.3. The molecule has 1 N–H and O–H groups in total. The fraction of sp³-hybridized carbons (Fsp3) is 0.143. The highest BCUT2D eigenvalue weighted by atomic mass is 79.9. The number of rotatable bonds is 2. The zero-order valence-corrected chi connectivity index (χ0v) is 8.15. The summed E-state index contributed by atoms with van der Waals surface area (Å²) in [6.07, 6.45) is -4.74. The molecule has 0 aliphatic carbocycles. The number of nitroso groups, excluding NO2 is 1. The second-order valence-corrected chi connectivity index (χ2v) is 3.15. The molecule has 0 aliphatic rings. The average Bonchev–Trinajstić information content (AvgIpc) is 2.06. The predicted molar refractivity (Wildman–Crippen MR) is 44.8 cm³/mol. The van der Waals surface area contributed by atoms with E-state index in [0.717, 1.165) is 6.07 Å². The molecular formula is C7H4BrF3NO2+. The van der Waals surface area contributed by atoms with Gasteiger partial charge in [0.1, 0.15) is 5.75 Å². The molecule has 0 aromatic heterocycles. The molecule has 0 aliphatic heterocycles. The molecule has 1 rings (SSSR count). The highest BCUT2D eigenvalue weighted by Gasteiger charge is 2.32. The number of benzene rings is 1. The fourth-order valence-corrected chi connectivity index (χ4v) is 1.23. The van der Waals surface area contributed by atoms with Gasteiger partial charge in [0.05, 0.1) is 4.47 Å². The minimum absolute atomic E-state index is 0.0516. The maximum Gasteiger partial charge on any atom is 0.573 e. The summed E-state index contributed by atoms with van der Waals surface area (Å²) >= 11 is 2.84. The first-order valence-electron chi connectivity index (χ1n) is 3.36. The molecule has 14 heavy (non-hydrogen) atoms. The highest BCUT2D eigenvalue weighted by molar-refractivity contribution is 9.10. The third-order valence-corrected chi connectivity index (χ3v) is 1.90. The van der Waals surface area contributed by atoms with Gasteiger partial charge in [0, 0.05) is 22.2 Å². The second-order valence-electron chi connectivity index (χ2n) is 2.30. The van der Waals surface area contributed by atoms with Gasteiger partial charge in [0.25, 0.3) is 5.69 Å². The van der Waals surface area contributed by atoms with Crippen LogP contribution in [0.5, 0.6) is 5.75 Å². The zero-order chi connectivity index (χ0) is 10.8. The highest BCUT2D eigenvalue weighted by Crippen LogP contribution is 2.31. The normalized spacial score (nSPS) is 11.1. The zero-order valence-electron chi connectivity index (χ0n) is 6.56. The van der Waals surface area contributed by atoms with Gasteiger partial charge in [-0.2, -0.15) is 0 Å². The quantitative estimate of drug-likeness (QED) is 0.891. The molecule has 0 radical (unpaired) electrons. The van der Waals surface area contributed by atoms with Gasteiger partial charge in [-0.25, -0.2) is 0 Å². The van der Waals surface area contributed by atoms with Crippen molar-refractivity contribution in [3.8, 4) is 5.75 Å². The largest absolute Gasteiger partial charge is 0.573 e. The van der Waals surface area contributed by atoms with Gasteiger partial charge in [-0.05, 0) is 22.0 Å². The summed E-state index contributed by atoms with van der Waals surface area (Å²) in [6.45, 7) is 0. The molecule has 0 bridgehead atoms. The van der Waals surface area contributed by atoms with Crippen LogP contribution < -0.4 is 9.91 Å². The van der Waals surface area contributed by atoms with Crippen LogP contribution >= 0.6 is 15.9 Å². The lowest BCUT2D eigenvalue weighted by Crippen LogP contribution is -2.55. The van der Waals surface area contributed by atoms with E-state index < -0.39 is 12.1 Å². The van der Waals surface area contributed by atoms with Crippen molar-refractivity contribution in [3.05, 3.63) is 27.6 Å². The Kier molecular flexibility index (Phi) is 3.10. The molecule has 1 aromatic carbocycles. The predicted octanol–water partition coefficient (Wildman–Crippen LogP) is 1.83. The Morgan fingerprint density at radius 2 is 2.00 bits per heavy atom. The van der Waals surface area contributed by atoms with Crippen LogP contribution in [0.1, 0.15) is 0 Å². The maximum absolute atomic E-state index is 11.8. The van der Waals surface area contributed by atoms with E-state index in [1.54, 1.807) is 5.18 Å². The summed E-state index contributed by atoms with van der Waals surface area (Å²) in [6, 6.07) is 3.41. The first kappa shape index (κ1) is 11.0. The molecule has 0 heterocycles. The van der Waals surface area contributed by atoms with E-state index in [0.29, 0.717) is 0 Å². The number of halogens is 4. The Morgan fingerprint density at radius 3 is 2.43 bits per heavy atom. The lowest BCUT2D eigenvalue weighted by Gasteiger charge is -2.09. The van der Waals surface area contributed by atoms with Crippen molar-refractivity contribution < 1.29 is 23.1 Å². The van der Waals surface area contributed by atoms with Crippen molar-refractivity contribution >= 4 is 21.6 Å². The third kappa shape index (κ3) is 2.99. The van der Waals surface area contributed by atoms with Crippen molar-refractivity contribution in [3.63, 3.8) is 0 Å². The van der Waals surface area contributed by atoms with Crippen LogP contribution in [0.4, 0.5) is 18.9 Å². The van der Waals surface area contributed by atoms with Gasteiger partial charge in [-0.3, -0.25) is 0 Å². The van der Waals surface area contributed by atoms with Gasteiger partial charge < -0.3 is 4.74 Å². The molecule has 0 atom stereocenters. The molecule has 0 amide bonds. The van der Waals surface area contributed by atoms with E-state index in [9.17, 15) is 18.1 Å². The summed E-state index contributed by atoms with van der Waals surface area (Å²) in [7, 11) is 0. The third-order valence-electron chi connectivity index (χ3n) is 1.28. The lowest BCUT2D eigenvalue weighted by molar-refractivity contribution is -0.379. The molecule has 0 spiro atoms. The number of alkyl halides is 3. The van der Waals surface area contributed by atoms with Crippen LogP contribution in [0.15, 0.2) is 22.7 Å². The Bertz CT molecular complexity index is 353. The molecule has 0 fully saturated rings. The van der Waals surface area contributed by atoms with E-state index in [-0.39, 0.29) is 10.2 Å². The summed E-state index contributed by atoms with van der Waals surface area (Å²) in [5, 5.41) is 1.54. The van der Waals surface area contributed by atoms with Crippen molar-refractivity contribution in [1.29, 1.82) is 0 Å². The van der Waals surface area contributed by atoms with Crippen molar-refractivity contribution in [2.24, 2.45) is 0 Å². The first-order chi connectivity index (χ1) is 6.42. The maximum atomic E-state index is 11.8. The van der Waals surface area contributed by atoms with E-state index in [1.807, 2.05) is 0 Å².